The maximum atomic E-state index is 12.0. The molecule has 1 fully saturated rings. The highest BCUT2D eigenvalue weighted by Crippen LogP contribution is 2.23. The van der Waals surface area contributed by atoms with Crippen LogP contribution in [0.2, 0.25) is 0 Å². The van der Waals surface area contributed by atoms with Gasteiger partial charge in [-0.2, -0.15) is 0 Å². The molecule has 4 nitrogen and oxygen atoms in total. The highest BCUT2D eigenvalue weighted by molar-refractivity contribution is 5.85. The van der Waals surface area contributed by atoms with Crippen molar-refractivity contribution in [3.8, 4) is 0 Å². The number of nitrogens with one attached hydrogen (secondary N) is 1. The van der Waals surface area contributed by atoms with Gasteiger partial charge in [0.2, 0.25) is 5.91 Å². The third kappa shape index (κ3) is 6.20. The first kappa shape index (κ1) is 20.2. The lowest BCUT2D eigenvalue weighted by molar-refractivity contribution is -0.121. The maximum absolute atomic E-state index is 12.0. The highest BCUT2D eigenvalue weighted by atomic mass is 35.5. The van der Waals surface area contributed by atoms with Crippen LogP contribution in [-0.4, -0.2) is 23.5 Å². The molecule has 2 unspecified atom stereocenters. The Hall–Kier alpha value is -0.840. The number of pyridine rings is 1. The number of carbonyl (C=O) groups excluding carboxylic acids is 1. The number of carbonyl (C=O) groups is 1. The molecule has 1 aliphatic carbocycles. The fourth-order valence-electron chi connectivity index (χ4n) is 2.73. The molecule has 0 bridgehead atoms. The topological polar surface area (TPSA) is 68.0 Å². The van der Waals surface area contributed by atoms with Gasteiger partial charge in [0.05, 0.1) is 6.42 Å². The molecule has 1 heterocycles. The first-order valence-corrected chi connectivity index (χ1v) is 7.10. The first-order chi connectivity index (χ1) is 9.19. The van der Waals surface area contributed by atoms with E-state index in [4.69, 9.17) is 5.73 Å². The van der Waals surface area contributed by atoms with Crippen LogP contribution in [0.1, 0.15) is 36.9 Å². The molecule has 6 heteroatoms. The van der Waals surface area contributed by atoms with Gasteiger partial charge in [0, 0.05) is 17.9 Å². The minimum Gasteiger partial charge on any atom is -0.353 e. The van der Waals surface area contributed by atoms with E-state index in [-0.39, 0.29) is 36.8 Å². The van der Waals surface area contributed by atoms with E-state index in [2.05, 4.69) is 10.3 Å². The van der Waals surface area contributed by atoms with Gasteiger partial charge in [0.15, 0.2) is 0 Å². The van der Waals surface area contributed by atoms with E-state index in [1.54, 1.807) is 6.20 Å². The summed E-state index contributed by atoms with van der Waals surface area (Å²) in [4.78, 5) is 16.3. The van der Waals surface area contributed by atoms with Gasteiger partial charge in [0.25, 0.3) is 0 Å². The lowest BCUT2D eigenvalue weighted by Gasteiger charge is -2.31. The van der Waals surface area contributed by atoms with Gasteiger partial charge in [-0.3, -0.25) is 9.78 Å². The SMILES string of the molecule is Cc1ccc(CC(=O)NC2CCCCC2CN)cn1.Cl.Cl. The van der Waals surface area contributed by atoms with Gasteiger partial charge in [0.1, 0.15) is 0 Å². The average Bonchev–Trinajstić information content (AvgIpc) is 2.42. The lowest BCUT2D eigenvalue weighted by atomic mass is 9.84. The number of aryl methyl sites for hydroxylation is 1. The molecular weight excluding hydrogens is 309 g/mol. The van der Waals surface area contributed by atoms with Crippen molar-refractivity contribution in [2.45, 2.75) is 45.1 Å². The van der Waals surface area contributed by atoms with Crippen LogP contribution in [0, 0.1) is 12.8 Å². The van der Waals surface area contributed by atoms with Crippen LogP contribution in [0.25, 0.3) is 0 Å². The molecular formula is C15H25Cl2N3O. The van der Waals surface area contributed by atoms with Crippen molar-refractivity contribution in [2.75, 3.05) is 6.54 Å². The summed E-state index contributed by atoms with van der Waals surface area (Å²) in [6.45, 7) is 2.61. The molecule has 2 rings (SSSR count). The second-order valence-electron chi connectivity index (χ2n) is 5.44. The third-order valence-electron chi connectivity index (χ3n) is 3.90. The summed E-state index contributed by atoms with van der Waals surface area (Å²) in [6.07, 6.45) is 6.79. The summed E-state index contributed by atoms with van der Waals surface area (Å²) >= 11 is 0. The summed E-state index contributed by atoms with van der Waals surface area (Å²) in [7, 11) is 0. The molecule has 1 amide bonds. The Morgan fingerprint density at radius 3 is 2.67 bits per heavy atom. The van der Waals surface area contributed by atoms with Gasteiger partial charge in [-0.25, -0.2) is 0 Å². The van der Waals surface area contributed by atoms with Crippen molar-refractivity contribution in [1.29, 1.82) is 0 Å². The van der Waals surface area contributed by atoms with E-state index in [0.717, 1.165) is 24.1 Å². The Labute approximate surface area is 139 Å². The Morgan fingerprint density at radius 2 is 2.05 bits per heavy atom. The van der Waals surface area contributed by atoms with Gasteiger partial charge in [-0.15, -0.1) is 24.8 Å². The van der Waals surface area contributed by atoms with Crippen LogP contribution < -0.4 is 11.1 Å². The monoisotopic (exact) mass is 333 g/mol. The minimum atomic E-state index is 0. The van der Waals surface area contributed by atoms with E-state index in [1.165, 1.54) is 12.8 Å². The fraction of sp³-hybridized carbons (Fsp3) is 0.600. The van der Waals surface area contributed by atoms with Crippen molar-refractivity contribution in [2.24, 2.45) is 11.7 Å². The molecule has 0 radical (unpaired) electrons. The Morgan fingerprint density at radius 1 is 1.33 bits per heavy atom. The molecule has 1 saturated carbocycles. The van der Waals surface area contributed by atoms with E-state index in [0.29, 0.717) is 18.9 Å². The van der Waals surface area contributed by atoms with Gasteiger partial charge >= 0.3 is 0 Å². The maximum Gasteiger partial charge on any atom is 0.224 e. The van der Waals surface area contributed by atoms with Crippen molar-refractivity contribution in [3.63, 3.8) is 0 Å². The van der Waals surface area contributed by atoms with E-state index in [9.17, 15) is 4.79 Å². The van der Waals surface area contributed by atoms with Crippen LogP contribution in [0.4, 0.5) is 0 Å². The number of amides is 1. The van der Waals surface area contributed by atoms with Gasteiger partial charge < -0.3 is 11.1 Å². The fourth-order valence-corrected chi connectivity index (χ4v) is 2.73. The van der Waals surface area contributed by atoms with E-state index >= 15 is 0 Å². The average molecular weight is 334 g/mol. The zero-order valence-corrected chi connectivity index (χ0v) is 14.0. The molecule has 0 aliphatic heterocycles. The largest absolute Gasteiger partial charge is 0.353 e. The Balaban J connectivity index is 0.00000200. The molecule has 0 saturated heterocycles. The molecule has 0 spiro atoms. The molecule has 1 aliphatic rings. The van der Waals surface area contributed by atoms with Crippen molar-refractivity contribution < 1.29 is 4.79 Å². The molecule has 1 aromatic heterocycles. The Kier molecular flexibility index (Phi) is 9.58. The van der Waals surface area contributed by atoms with E-state index in [1.807, 2.05) is 19.1 Å². The summed E-state index contributed by atoms with van der Waals surface area (Å²) in [5.41, 5.74) is 7.71. The summed E-state index contributed by atoms with van der Waals surface area (Å²) in [5.74, 6) is 0.518. The summed E-state index contributed by atoms with van der Waals surface area (Å²) in [5, 5.41) is 3.14. The van der Waals surface area contributed by atoms with Crippen molar-refractivity contribution in [3.05, 3.63) is 29.6 Å². The van der Waals surface area contributed by atoms with Crippen molar-refractivity contribution >= 4 is 30.7 Å². The second-order valence-corrected chi connectivity index (χ2v) is 5.44. The molecule has 0 aromatic carbocycles. The van der Waals surface area contributed by atoms with Crippen LogP contribution in [0.15, 0.2) is 18.3 Å². The van der Waals surface area contributed by atoms with Crippen molar-refractivity contribution in [1.82, 2.24) is 10.3 Å². The zero-order valence-electron chi connectivity index (χ0n) is 12.4. The molecule has 1 aromatic rings. The minimum absolute atomic E-state index is 0. The molecule has 2 atom stereocenters. The van der Waals surface area contributed by atoms with Gasteiger partial charge in [-0.1, -0.05) is 18.9 Å². The third-order valence-corrected chi connectivity index (χ3v) is 3.90. The molecule has 21 heavy (non-hydrogen) atoms. The number of rotatable bonds is 4. The Bertz CT molecular complexity index is 425. The number of hydrogen-bond donors (Lipinski definition) is 2. The number of nitrogens with zero attached hydrogens (tertiary/aromatic N) is 1. The number of hydrogen-bond acceptors (Lipinski definition) is 3. The predicted octanol–water partition coefficient (Wildman–Crippen LogP) is 2.41. The normalized spacial score (nSPS) is 20.9. The van der Waals surface area contributed by atoms with E-state index < -0.39 is 0 Å². The van der Waals surface area contributed by atoms with Crippen LogP contribution in [0.5, 0.6) is 0 Å². The van der Waals surface area contributed by atoms with Crippen LogP contribution >= 0.6 is 24.8 Å². The zero-order chi connectivity index (χ0) is 13.7. The first-order valence-electron chi connectivity index (χ1n) is 7.10. The number of nitrogens with two attached hydrogens (primary N) is 1. The lowest BCUT2D eigenvalue weighted by Crippen LogP contribution is -2.45. The predicted molar refractivity (Wildman–Crippen MR) is 90.1 cm³/mol. The standard InChI is InChI=1S/C15H23N3O.2ClH/c1-11-6-7-12(10-17-11)8-15(19)18-14-5-3-2-4-13(14)9-16;;/h6-7,10,13-14H,2-5,8-9,16H2,1H3,(H,18,19);2*1H. The van der Waals surface area contributed by atoms with Crippen LogP contribution in [-0.2, 0) is 11.2 Å². The summed E-state index contributed by atoms with van der Waals surface area (Å²) < 4.78 is 0. The molecule has 3 N–H and O–H groups in total. The number of aromatic nitrogens is 1. The summed E-state index contributed by atoms with van der Waals surface area (Å²) in [6, 6.07) is 4.15. The molecule has 120 valence electrons. The highest BCUT2D eigenvalue weighted by Gasteiger charge is 2.25. The smallest absolute Gasteiger partial charge is 0.224 e. The quantitative estimate of drug-likeness (QED) is 0.888. The number of halogens is 2. The second kappa shape index (κ2) is 9.98. The van der Waals surface area contributed by atoms with Gasteiger partial charge in [-0.05, 0) is 43.9 Å². The van der Waals surface area contributed by atoms with Crippen LogP contribution in [0.3, 0.4) is 0 Å².